The van der Waals surface area contributed by atoms with Crippen LogP contribution in [0.2, 0.25) is 0 Å². The molecule has 1 aliphatic heterocycles. The summed E-state index contributed by atoms with van der Waals surface area (Å²) in [5, 5.41) is 2.64. The summed E-state index contributed by atoms with van der Waals surface area (Å²) < 4.78 is 12.9. The lowest BCUT2D eigenvalue weighted by Gasteiger charge is -2.26. The minimum Gasteiger partial charge on any atom is -0.330 e. The van der Waals surface area contributed by atoms with Crippen molar-refractivity contribution in [2.45, 2.75) is 12.0 Å². The highest BCUT2D eigenvalue weighted by Gasteiger charge is 2.50. The van der Waals surface area contributed by atoms with Crippen LogP contribution in [-0.4, -0.2) is 30.4 Å². The molecule has 1 unspecified atom stereocenters. The summed E-state index contributed by atoms with van der Waals surface area (Å²) in [6, 6.07) is 5.01. The Kier molecular flexibility index (Phi) is 3.04. The zero-order valence-electron chi connectivity index (χ0n) is 9.94. The lowest BCUT2D eigenvalue weighted by atomic mass is 9.86. The van der Waals surface area contributed by atoms with Crippen LogP contribution >= 0.6 is 0 Å². The molecule has 1 aliphatic rings. The van der Waals surface area contributed by atoms with Gasteiger partial charge in [-0.3, -0.25) is 9.69 Å². The van der Waals surface area contributed by atoms with E-state index in [0.29, 0.717) is 5.56 Å². The number of benzene rings is 1. The first kappa shape index (κ1) is 12.5. The molecule has 96 valence electrons. The van der Waals surface area contributed by atoms with Gasteiger partial charge < -0.3 is 11.1 Å². The van der Waals surface area contributed by atoms with Gasteiger partial charge in [-0.25, -0.2) is 9.18 Å². The normalized spacial score (nSPS) is 23.4. The van der Waals surface area contributed by atoms with Crippen LogP contribution in [0.4, 0.5) is 9.18 Å². The van der Waals surface area contributed by atoms with Crippen LogP contribution in [0.5, 0.6) is 0 Å². The molecule has 0 aliphatic carbocycles. The van der Waals surface area contributed by atoms with Crippen molar-refractivity contribution in [1.29, 1.82) is 0 Å². The van der Waals surface area contributed by atoms with Crippen LogP contribution in [0.3, 0.4) is 0 Å². The molecule has 18 heavy (non-hydrogen) atoms. The molecule has 1 aromatic carbocycles. The second-order valence-corrected chi connectivity index (χ2v) is 4.25. The highest BCUT2D eigenvalue weighted by molar-refractivity contribution is 6.07. The molecule has 1 heterocycles. The van der Waals surface area contributed by atoms with Crippen LogP contribution < -0.4 is 11.1 Å². The summed E-state index contributed by atoms with van der Waals surface area (Å²) >= 11 is 0. The number of rotatable bonds is 3. The summed E-state index contributed by atoms with van der Waals surface area (Å²) in [4.78, 5) is 24.8. The van der Waals surface area contributed by atoms with Crippen molar-refractivity contribution in [2.75, 3.05) is 13.6 Å². The van der Waals surface area contributed by atoms with Crippen molar-refractivity contribution in [3.05, 3.63) is 35.6 Å². The van der Waals surface area contributed by atoms with E-state index in [0.717, 1.165) is 4.90 Å². The van der Waals surface area contributed by atoms with E-state index in [1.807, 2.05) is 0 Å². The number of nitrogens with zero attached hydrogens (tertiary/aromatic N) is 1. The topological polar surface area (TPSA) is 75.4 Å². The Bertz CT molecular complexity index is 489. The molecule has 5 nitrogen and oxygen atoms in total. The SMILES string of the molecule is CN1C(=O)NC(CCN)(c2ccc(F)cc2)C1=O. The summed E-state index contributed by atoms with van der Waals surface area (Å²) in [5.74, 6) is -0.767. The zero-order valence-corrected chi connectivity index (χ0v) is 9.94. The minimum atomic E-state index is -1.17. The molecule has 1 saturated heterocycles. The van der Waals surface area contributed by atoms with Crippen LogP contribution in [-0.2, 0) is 10.3 Å². The molecule has 0 saturated carbocycles. The molecule has 1 atom stereocenters. The average Bonchev–Trinajstić information content (AvgIpc) is 2.56. The van der Waals surface area contributed by atoms with Gasteiger partial charge in [-0.2, -0.15) is 0 Å². The van der Waals surface area contributed by atoms with E-state index in [1.54, 1.807) is 0 Å². The monoisotopic (exact) mass is 251 g/mol. The standard InChI is InChI=1S/C12H14FN3O2/c1-16-10(17)12(6-7-14,15-11(16)18)8-2-4-9(13)5-3-8/h2-5H,6-7,14H2,1H3,(H,15,18). The highest BCUT2D eigenvalue weighted by Crippen LogP contribution is 2.31. The molecule has 6 heteroatoms. The maximum Gasteiger partial charge on any atom is 0.325 e. The van der Waals surface area contributed by atoms with Crippen molar-refractivity contribution < 1.29 is 14.0 Å². The first-order valence-corrected chi connectivity index (χ1v) is 5.57. The van der Waals surface area contributed by atoms with E-state index < -0.39 is 17.4 Å². The molecule has 2 rings (SSSR count). The molecule has 3 amide bonds. The first-order valence-electron chi connectivity index (χ1n) is 5.57. The third-order valence-electron chi connectivity index (χ3n) is 3.15. The number of amides is 3. The number of likely N-dealkylation sites (N-methyl/N-ethyl adjacent to an activating group) is 1. The largest absolute Gasteiger partial charge is 0.330 e. The van der Waals surface area contributed by atoms with Crippen LogP contribution in [0.25, 0.3) is 0 Å². The third kappa shape index (κ3) is 1.74. The number of nitrogens with one attached hydrogen (secondary N) is 1. The Hall–Kier alpha value is -1.95. The van der Waals surface area contributed by atoms with Gasteiger partial charge in [0.25, 0.3) is 5.91 Å². The number of urea groups is 1. The van der Waals surface area contributed by atoms with Gasteiger partial charge >= 0.3 is 6.03 Å². The number of halogens is 1. The van der Waals surface area contributed by atoms with Gasteiger partial charge in [0.2, 0.25) is 0 Å². The van der Waals surface area contributed by atoms with Crippen LogP contribution in [0.15, 0.2) is 24.3 Å². The number of hydrogen-bond donors (Lipinski definition) is 2. The predicted molar refractivity (Wildman–Crippen MR) is 63.1 cm³/mol. The number of carbonyl (C=O) groups excluding carboxylic acids is 2. The smallest absolute Gasteiger partial charge is 0.325 e. The van der Waals surface area contributed by atoms with Gasteiger partial charge in [-0.1, -0.05) is 12.1 Å². The Morgan fingerprint density at radius 2 is 1.94 bits per heavy atom. The Morgan fingerprint density at radius 3 is 2.39 bits per heavy atom. The maximum absolute atomic E-state index is 12.9. The fraction of sp³-hybridized carbons (Fsp3) is 0.333. The quantitative estimate of drug-likeness (QED) is 0.770. The summed E-state index contributed by atoms with van der Waals surface area (Å²) in [6.45, 7) is 0.233. The van der Waals surface area contributed by atoms with E-state index in [-0.39, 0.29) is 18.9 Å². The highest BCUT2D eigenvalue weighted by atomic mass is 19.1. The third-order valence-corrected chi connectivity index (χ3v) is 3.15. The van der Waals surface area contributed by atoms with E-state index in [1.165, 1.54) is 31.3 Å². The fourth-order valence-electron chi connectivity index (χ4n) is 2.16. The van der Waals surface area contributed by atoms with Gasteiger partial charge in [0.1, 0.15) is 11.4 Å². The van der Waals surface area contributed by atoms with Crippen LogP contribution in [0.1, 0.15) is 12.0 Å². The molecular weight excluding hydrogens is 237 g/mol. The second kappa shape index (κ2) is 4.38. The van der Waals surface area contributed by atoms with Crippen molar-refractivity contribution in [2.24, 2.45) is 5.73 Å². The summed E-state index contributed by atoms with van der Waals surface area (Å²) in [6.07, 6.45) is 0.271. The lowest BCUT2D eigenvalue weighted by molar-refractivity contribution is -0.130. The molecule has 0 radical (unpaired) electrons. The van der Waals surface area contributed by atoms with E-state index >= 15 is 0 Å². The molecule has 0 aromatic heterocycles. The number of carbonyl (C=O) groups is 2. The maximum atomic E-state index is 12.9. The number of nitrogens with two attached hydrogens (primary N) is 1. The molecule has 0 spiro atoms. The summed E-state index contributed by atoms with van der Waals surface area (Å²) in [5.41, 5.74) is 4.88. The van der Waals surface area contributed by atoms with Crippen molar-refractivity contribution in [3.8, 4) is 0 Å². The fourth-order valence-corrected chi connectivity index (χ4v) is 2.16. The van der Waals surface area contributed by atoms with Crippen molar-refractivity contribution >= 4 is 11.9 Å². The van der Waals surface area contributed by atoms with Gasteiger partial charge in [-0.05, 0) is 30.7 Å². The number of hydrogen-bond acceptors (Lipinski definition) is 3. The predicted octanol–water partition coefficient (Wildman–Crippen LogP) is 0.551. The van der Waals surface area contributed by atoms with Crippen molar-refractivity contribution in [3.63, 3.8) is 0 Å². The molecule has 0 bridgehead atoms. The Morgan fingerprint density at radius 1 is 1.33 bits per heavy atom. The van der Waals surface area contributed by atoms with E-state index in [2.05, 4.69) is 5.32 Å². The first-order chi connectivity index (χ1) is 8.51. The van der Waals surface area contributed by atoms with E-state index in [4.69, 9.17) is 5.73 Å². The molecule has 1 aromatic rings. The molecule has 1 fully saturated rings. The Balaban J connectivity index is 2.48. The molecular formula is C12H14FN3O2. The van der Waals surface area contributed by atoms with Gasteiger partial charge in [0.05, 0.1) is 0 Å². The van der Waals surface area contributed by atoms with Crippen molar-refractivity contribution in [1.82, 2.24) is 10.2 Å². The average molecular weight is 251 g/mol. The second-order valence-electron chi connectivity index (χ2n) is 4.25. The van der Waals surface area contributed by atoms with Gasteiger partial charge in [-0.15, -0.1) is 0 Å². The zero-order chi connectivity index (χ0) is 13.3. The summed E-state index contributed by atoms with van der Waals surface area (Å²) in [7, 11) is 1.40. The van der Waals surface area contributed by atoms with Gasteiger partial charge in [0, 0.05) is 7.05 Å². The Labute approximate surface area is 104 Å². The minimum absolute atomic E-state index is 0.233. The number of imide groups is 1. The lowest BCUT2D eigenvalue weighted by Crippen LogP contribution is -2.45. The van der Waals surface area contributed by atoms with E-state index in [9.17, 15) is 14.0 Å². The van der Waals surface area contributed by atoms with Gasteiger partial charge in [0.15, 0.2) is 0 Å². The molecule has 3 N–H and O–H groups in total. The van der Waals surface area contributed by atoms with Crippen LogP contribution in [0, 0.1) is 5.82 Å².